The second-order valence-electron chi connectivity index (χ2n) is 4.04. The number of likely N-dealkylation sites (tertiary alicyclic amines) is 1. The SMILES string of the molecule is CON(C)C(=O)[C@@H]1CCCN1C(=O)OCC(Cl)(Cl)Cl. The van der Waals surface area contributed by atoms with Gasteiger partial charge in [-0.15, -0.1) is 0 Å². The molecule has 0 radical (unpaired) electrons. The maximum atomic E-state index is 12.0. The van der Waals surface area contributed by atoms with Crippen LogP contribution in [0.2, 0.25) is 0 Å². The van der Waals surface area contributed by atoms with Crippen molar-refractivity contribution in [3.05, 3.63) is 0 Å². The number of nitrogens with zero attached hydrogens (tertiary/aromatic N) is 2. The molecule has 2 amide bonds. The Kier molecular flexibility index (Phi) is 5.98. The molecular formula is C10H15Cl3N2O4. The number of hydrogen-bond acceptors (Lipinski definition) is 4. The summed E-state index contributed by atoms with van der Waals surface area (Å²) in [5.74, 6) is -0.314. The van der Waals surface area contributed by atoms with Gasteiger partial charge in [0.2, 0.25) is 3.79 Å². The van der Waals surface area contributed by atoms with Crippen molar-refractivity contribution in [2.45, 2.75) is 22.7 Å². The van der Waals surface area contributed by atoms with Gasteiger partial charge < -0.3 is 4.74 Å². The number of likely N-dealkylation sites (N-methyl/N-ethyl adjacent to an activating group) is 1. The molecular weight excluding hydrogens is 318 g/mol. The van der Waals surface area contributed by atoms with Gasteiger partial charge in [0.15, 0.2) is 0 Å². The summed E-state index contributed by atoms with van der Waals surface area (Å²) in [6.45, 7) is 0.0562. The first kappa shape index (κ1) is 16.6. The third kappa shape index (κ3) is 4.87. The zero-order valence-corrected chi connectivity index (χ0v) is 12.8. The summed E-state index contributed by atoms with van der Waals surface area (Å²) < 4.78 is 3.20. The van der Waals surface area contributed by atoms with E-state index in [1.807, 2.05) is 0 Å². The predicted molar refractivity (Wildman–Crippen MR) is 71.1 cm³/mol. The molecule has 1 rings (SSSR count). The van der Waals surface area contributed by atoms with E-state index in [4.69, 9.17) is 44.4 Å². The van der Waals surface area contributed by atoms with E-state index in [1.165, 1.54) is 19.1 Å². The van der Waals surface area contributed by atoms with Crippen LogP contribution in [0, 0.1) is 0 Å². The first-order valence-corrected chi connectivity index (χ1v) is 6.71. The summed E-state index contributed by atoms with van der Waals surface area (Å²) in [5, 5.41) is 1.07. The Balaban J connectivity index is 2.61. The minimum absolute atomic E-state index is 0.314. The van der Waals surface area contributed by atoms with Gasteiger partial charge in [-0.2, -0.15) is 0 Å². The van der Waals surface area contributed by atoms with Crippen molar-refractivity contribution in [1.29, 1.82) is 0 Å². The Hall–Kier alpha value is -0.430. The summed E-state index contributed by atoms with van der Waals surface area (Å²) in [4.78, 5) is 29.9. The molecule has 9 heteroatoms. The first-order valence-electron chi connectivity index (χ1n) is 5.58. The van der Waals surface area contributed by atoms with Crippen LogP contribution in [0.25, 0.3) is 0 Å². The van der Waals surface area contributed by atoms with Crippen molar-refractivity contribution in [2.75, 3.05) is 27.3 Å². The van der Waals surface area contributed by atoms with Crippen molar-refractivity contribution >= 4 is 46.8 Å². The van der Waals surface area contributed by atoms with E-state index >= 15 is 0 Å². The van der Waals surface area contributed by atoms with Crippen molar-refractivity contribution in [2.24, 2.45) is 0 Å². The Bertz CT molecular complexity index is 348. The lowest BCUT2D eigenvalue weighted by Gasteiger charge is -2.26. The number of rotatable bonds is 3. The van der Waals surface area contributed by atoms with Gasteiger partial charge in [-0.05, 0) is 12.8 Å². The van der Waals surface area contributed by atoms with Crippen LogP contribution >= 0.6 is 34.8 Å². The molecule has 19 heavy (non-hydrogen) atoms. The Morgan fingerprint density at radius 2 is 2.05 bits per heavy atom. The highest BCUT2D eigenvalue weighted by atomic mass is 35.6. The molecule has 0 bridgehead atoms. The smallest absolute Gasteiger partial charge is 0.410 e. The van der Waals surface area contributed by atoms with Crippen LogP contribution in [0.4, 0.5) is 4.79 Å². The largest absolute Gasteiger partial charge is 0.445 e. The van der Waals surface area contributed by atoms with Crippen LogP contribution in [0.1, 0.15) is 12.8 Å². The topological polar surface area (TPSA) is 59.1 Å². The minimum Gasteiger partial charge on any atom is -0.445 e. The van der Waals surface area contributed by atoms with Gasteiger partial charge in [-0.3, -0.25) is 14.5 Å². The van der Waals surface area contributed by atoms with Crippen LogP contribution in [-0.4, -0.2) is 59.1 Å². The molecule has 0 aliphatic carbocycles. The number of amides is 2. The fourth-order valence-corrected chi connectivity index (χ4v) is 1.93. The van der Waals surface area contributed by atoms with Crippen molar-refractivity contribution in [1.82, 2.24) is 9.96 Å². The average molecular weight is 334 g/mol. The number of carbonyl (C=O) groups excluding carboxylic acids is 2. The molecule has 0 saturated carbocycles. The Morgan fingerprint density at radius 3 is 2.58 bits per heavy atom. The fourth-order valence-electron chi connectivity index (χ4n) is 1.77. The lowest BCUT2D eigenvalue weighted by atomic mass is 10.2. The molecule has 0 unspecified atom stereocenters. The highest BCUT2D eigenvalue weighted by molar-refractivity contribution is 6.67. The van der Waals surface area contributed by atoms with Gasteiger partial charge in [-0.1, -0.05) is 34.8 Å². The maximum absolute atomic E-state index is 12.0. The monoisotopic (exact) mass is 332 g/mol. The molecule has 0 aromatic rings. The first-order chi connectivity index (χ1) is 8.76. The summed E-state index contributed by atoms with van der Waals surface area (Å²) in [5.41, 5.74) is 0. The van der Waals surface area contributed by atoms with Gasteiger partial charge >= 0.3 is 6.09 Å². The number of carbonyl (C=O) groups is 2. The summed E-state index contributed by atoms with van der Waals surface area (Å²) in [6.07, 6.45) is 0.582. The maximum Gasteiger partial charge on any atom is 0.410 e. The molecule has 0 aromatic carbocycles. The van der Waals surface area contributed by atoms with Crippen molar-refractivity contribution < 1.29 is 19.2 Å². The number of hydroxylamine groups is 2. The molecule has 0 N–H and O–H groups in total. The van der Waals surface area contributed by atoms with Crippen LogP contribution in [0.3, 0.4) is 0 Å². The van der Waals surface area contributed by atoms with Crippen molar-refractivity contribution in [3.63, 3.8) is 0 Å². The third-order valence-corrected chi connectivity index (χ3v) is 3.04. The van der Waals surface area contributed by atoms with E-state index in [0.717, 1.165) is 5.06 Å². The molecule has 6 nitrogen and oxygen atoms in total. The predicted octanol–water partition coefficient (Wildman–Crippen LogP) is 1.98. The van der Waals surface area contributed by atoms with E-state index < -0.39 is 15.9 Å². The van der Waals surface area contributed by atoms with Gasteiger partial charge in [0, 0.05) is 13.6 Å². The number of halogens is 3. The van der Waals surface area contributed by atoms with E-state index in [2.05, 4.69) is 0 Å². The van der Waals surface area contributed by atoms with Gasteiger partial charge in [0.1, 0.15) is 12.6 Å². The number of alkyl halides is 3. The standard InChI is InChI=1S/C10H15Cl3N2O4/c1-14(18-2)8(16)7-4-3-5-15(7)9(17)19-6-10(11,12)13/h7H,3-6H2,1-2H3/t7-/m0/s1. The zero-order chi connectivity index (χ0) is 14.6. The molecule has 1 aliphatic rings. The van der Waals surface area contributed by atoms with Gasteiger partial charge in [0.25, 0.3) is 5.91 Å². The molecule has 0 spiro atoms. The molecule has 1 aliphatic heterocycles. The quantitative estimate of drug-likeness (QED) is 0.585. The highest BCUT2D eigenvalue weighted by Crippen LogP contribution is 2.27. The molecule has 1 saturated heterocycles. The van der Waals surface area contributed by atoms with Gasteiger partial charge in [0.05, 0.1) is 7.11 Å². The zero-order valence-electron chi connectivity index (χ0n) is 10.6. The van der Waals surface area contributed by atoms with E-state index in [1.54, 1.807) is 0 Å². The highest BCUT2D eigenvalue weighted by Gasteiger charge is 2.37. The lowest BCUT2D eigenvalue weighted by Crippen LogP contribution is -2.46. The molecule has 0 aromatic heterocycles. The second-order valence-corrected chi connectivity index (χ2v) is 6.56. The number of hydrogen-bond donors (Lipinski definition) is 0. The summed E-state index contributed by atoms with van der Waals surface area (Å²) >= 11 is 16.5. The summed E-state index contributed by atoms with van der Waals surface area (Å²) in [6, 6.07) is -0.604. The molecule has 1 fully saturated rings. The van der Waals surface area contributed by atoms with Crippen LogP contribution in [0.5, 0.6) is 0 Å². The Labute approximate surface area is 126 Å². The van der Waals surface area contributed by atoms with E-state index in [-0.39, 0.29) is 12.5 Å². The van der Waals surface area contributed by atoms with Crippen LogP contribution in [-0.2, 0) is 14.4 Å². The fraction of sp³-hybridized carbons (Fsp3) is 0.800. The third-order valence-electron chi connectivity index (χ3n) is 2.72. The second kappa shape index (κ2) is 6.83. The van der Waals surface area contributed by atoms with E-state index in [0.29, 0.717) is 19.4 Å². The lowest BCUT2D eigenvalue weighted by molar-refractivity contribution is -0.173. The molecule has 110 valence electrons. The minimum atomic E-state index is -1.67. The number of ether oxygens (including phenoxy) is 1. The Morgan fingerprint density at radius 1 is 1.42 bits per heavy atom. The van der Waals surface area contributed by atoms with Gasteiger partial charge in [-0.25, -0.2) is 9.86 Å². The normalized spacial score (nSPS) is 19.4. The summed E-state index contributed by atoms with van der Waals surface area (Å²) in [7, 11) is 2.85. The molecule has 1 heterocycles. The van der Waals surface area contributed by atoms with Crippen molar-refractivity contribution in [3.8, 4) is 0 Å². The average Bonchev–Trinajstić information content (AvgIpc) is 2.82. The molecule has 1 atom stereocenters. The van der Waals surface area contributed by atoms with Crippen LogP contribution in [0.15, 0.2) is 0 Å². The van der Waals surface area contributed by atoms with Crippen LogP contribution < -0.4 is 0 Å². The van der Waals surface area contributed by atoms with E-state index in [9.17, 15) is 9.59 Å².